The van der Waals surface area contributed by atoms with Gasteiger partial charge in [0.25, 0.3) is 5.69 Å². The molecule has 1 fully saturated rings. The van der Waals surface area contributed by atoms with Crippen molar-refractivity contribution in [3.05, 3.63) is 32.8 Å². The first-order chi connectivity index (χ1) is 10.8. The van der Waals surface area contributed by atoms with E-state index in [1.54, 1.807) is 0 Å². The van der Waals surface area contributed by atoms with Crippen LogP contribution in [0.15, 0.2) is 17.0 Å². The van der Waals surface area contributed by atoms with Crippen LogP contribution in [0.1, 0.15) is 25.3 Å². The lowest BCUT2D eigenvalue weighted by molar-refractivity contribution is -0.385. The van der Waals surface area contributed by atoms with Crippen LogP contribution in [0.5, 0.6) is 0 Å². The topological polar surface area (TPSA) is 92.6 Å². The molecular weight excluding hydrogens is 342 g/mol. The van der Waals surface area contributed by atoms with Crippen molar-refractivity contribution in [2.45, 2.75) is 37.6 Å². The van der Waals surface area contributed by atoms with Gasteiger partial charge in [0, 0.05) is 30.8 Å². The number of nitrogens with zero attached hydrogens (tertiary/aromatic N) is 2. The summed E-state index contributed by atoms with van der Waals surface area (Å²) in [7, 11) is -3.84. The average molecular weight is 362 g/mol. The highest BCUT2D eigenvalue weighted by Crippen LogP contribution is 2.32. The molecule has 1 aromatic rings. The molecule has 9 heteroatoms. The van der Waals surface area contributed by atoms with Crippen molar-refractivity contribution in [1.29, 1.82) is 0 Å². The fourth-order valence-electron chi connectivity index (χ4n) is 2.72. The van der Waals surface area contributed by atoms with Crippen molar-refractivity contribution in [1.82, 2.24) is 9.62 Å². The molecule has 0 spiro atoms. The second kappa shape index (κ2) is 7.12. The third kappa shape index (κ3) is 3.65. The van der Waals surface area contributed by atoms with E-state index in [4.69, 9.17) is 11.6 Å². The van der Waals surface area contributed by atoms with Crippen LogP contribution in [-0.4, -0.2) is 43.3 Å². The van der Waals surface area contributed by atoms with E-state index in [1.807, 2.05) is 6.92 Å². The number of hydrogen-bond acceptors (Lipinski definition) is 5. The van der Waals surface area contributed by atoms with Crippen molar-refractivity contribution in [3.63, 3.8) is 0 Å². The second-order valence-electron chi connectivity index (χ2n) is 5.57. The summed E-state index contributed by atoms with van der Waals surface area (Å²) >= 11 is 6.01. The molecule has 1 heterocycles. The molecule has 0 bridgehead atoms. The molecule has 1 aliphatic heterocycles. The average Bonchev–Trinajstić information content (AvgIpc) is 3.00. The Kier molecular flexibility index (Phi) is 5.61. The normalized spacial score (nSPS) is 18.5. The van der Waals surface area contributed by atoms with Gasteiger partial charge >= 0.3 is 0 Å². The monoisotopic (exact) mass is 361 g/mol. The van der Waals surface area contributed by atoms with Crippen LogP contribution in [0.4, 0.5) is 5.69 Å². The number of benzene rings is 1. The van der Waals surface area contributed by atoms with Gasteiger partial charge in [-0.3, -0.25) is 10.1 Å². The molecule has 1 aliphatic rings. The zero-order valence-corrected chi connectivity index (χ0v) is 14.7. The van der Waals surface area contributed by atoms with Gasteiger partial charge in [0.1, 0.15) is 0 Å². The molecule has 1 N–H and O–H groups in total. The minimum Gasteiger partial charge on any atom is -0.315 e. The van der Waals surface area contributed by atoms with Gasteiger partial charge in [0.2, 0.25) is 10.0 Å². The standard InChI is InChI=1S/C14H20ClN3O4S/c1-3-6-17(11-4-5-16-9-11)23(21,22)12-7-13(15)10(2)14(8-12)18(19)20/h7-8,11,16H,3-6,9H2,1-2H3. The highest BCUT2D eigenvalue weighted by atomic mass is 35.5. The molecule has 0 amide bonds. The molecule has 0 saturated carbocycles. The van der Waals surface area contributed by atoms with Crippen LogP contribution < -0.4 is 5.32 Å². The van der Waals surface area contributed by atoms with Gasteiger partial charge in [0.15, 0.2) is 0 Å². The minimum absolute atomic E-state index is 0.0822. The summed E-state index contributed by atoms with van der Waals surface area (Å²) in [4.78, 5) is 10.4. The fraction of sp³-hybridized carbons (Fsp3) is 0.571. The van der Waals surface area contributed by atoms with Gasteiger partial charge in [-0.1, -0.05) is 18.5 Å². The van der Waals surface area contributed by atoms with Gasteiger partial charge in [-0.25, -0.2) is 8.42 Å². The summed E-state index contributed by atoms with van der Waals surface area (Å²) in [6.07, 6.45) is 1.39. The molecule has 1 saturated heterocycles. The predicted molar refractivity (Wildman–Crippen MR) is 88.3 cm³/mol. The number of rotatable bonds is 6. The van der Waals surface area contributed by atoms with E-state index in [0.29, 0.717) is 19.5 Å². The summed E-state index contributed by atoms with van der Waals surface area (Å²) in [5.74, 6) is 0. The van der Waals surface area contributed by atoms with E-state index < -0.39 is 14.9 Å². The second-order valence-corrected chi connectivity index (χ2v) is 7.87. The summed E-state index contributed by atoms with van der Waals surface area (Å²) in [5.41, 5.74) is -0.0164. The zero-order chi connectivity index (χ0) is 17.2. The van der Waals surface area contributed by atoms with Crippen molar-refractivity contribution in [2.75, 3.05) is 19.6 Å². The van der Waals surface area contributed by atoms with Crippen LogP contribution in [0, 0.1) is 17.0 Å². The van der Waals surface area contributed by atoms with E-state index in [1.165, 1.54) is 17.3 Å². The number of sulfonamides is 1. The number of nitro groups is 1. The number of hydrogen-bond donors (Lipinski definition) is 1. The van der Waals surface area contributed by atoms with E-state index >= 15 is 0 Å². The first-order valence-corrected chi connectivity index (χ1v) is 9.28. The van der Waals surface area contributed by atoms with Crippen LogP contribution >= 0.6 is 11.6 Å². The Balaban J connectivity index is 2.50. The van der Waals surface area contributed by atoms with Gasteiger partial charge < -0.3 is 5.32 Å². The SMILES string of the molecule is CCCN(C1CCNC1)S(=O)(=O)c1cc(Cl)c(C)c([N+](=O)[O-])c1. The lowest BCUT2D eigenvalue weighted by atomic mass is 10.2. The summed E-state index contributed by atoms with van der Waals surface area (Å²) in [6.45, 7) is 5.11. The Morgan fingerprint density at radius 2 is 2.17 bits per heavy atom. The van der Waals surface area contributed by atoms with Crippen molar-refractivity contribution in [2.24, 2.45) is 0 Å². The highest BCUT2D eigenvalue weighted by molar-refractivity contribution is 7.89. The molecule has 128 valence electrons. The lowest BCUT2D eigenvalue weighted by Crippen LogP contribution is -2.42. The van der Waals surface area contributed by atoms with Gasteiger partial charge in [-0.05, 0) is 32.4 Å². The maximum Gasteiger partial charge on any atom is 0.275 e. The van der Waals surface area contributed by atoms with E-state index in [2.05, 4.69) is 5.32 Å². The third-order valence-corrected chi connectivity index (χ3v) is 6.30. The van der Waals surface area contributed by atoms with E-state index in [-0.39, 0.29) is 27.2 Å². The molecule has 2 rings (SSSR count). The molecular formula is C14H20ClN3O4S. The Labute approximate surface area is 140 Å². The molecule has 0 aliphatic carbocycles. The van der Waals surface area contributed by atoms with Gasteiger partial charge in [-0.15, -0.1) is 0 Å². The van der Waals surface area contributed by atoms with Gasteiger partial charge in [-0.2, -0.15) is 4.31 Å². The number of halogens is 1. The van der Waals surface area contributed by atoms with Crippen LogP contribution in [0.3, 0.4) is 0 Å². The molecule has 7 nitrogen and oxygen atoms in total. The summed E-state index contributed by atoms with van der Waals surface area (Å²) in [6, 6.07) is 2.25. The maximum absolute atomic E-state index is 13.0. The molecule has 1 unspecified atom stereocenters. The van der Waals surface area contributed by atoms with E-state index in [9.17, 15) is 18.5 Å². The Morgan fingerprint density at radius 3 is 2.70 bits per heavy atom. The minimum atomic E-state index is -3.84. The van der Waals surface area contributed by atoms with Crippen molar-refractivity contribution in [3.8, 4) is 0 Å². The third-order valence-electron chi connectivity index (χ3n) is 3.98. The fourth-order valence-corrected chi connectivity index (χ4v) is 4.79. The van der Waals surface area contributed by atoms with Crippen LogP contribution in [-0.2, 0) is 10.0 Å². The smallest absolute Gasteiger partial charge is 0.275 e. The summed E-state index contributed by atoms with van der Waals surface area (Å²) < 4.78 is 27.4. The predicted octanol–water partition coefficient (Wildman–Crippen LogP) is 2.32. The molecule has 1 aromatic carbocycles. The molecule has 1 atom stereocenters. The highest BCUT2D eigenvalue weighted by Gasteiger charge is 2.34. The zero-order valence-electron chi connectivity index (χ0n) is 13.1. The van der Waals surface area contributed by atoms with Crippen LogP contribution in [0.25, 0.3) is 0 Å². The Bertz CT molecular complexity index is 702. The first-order valence-electron chi connectivity index (χ1n) is 7.46. The largest absolute Gasteiger partial charge is 0.315 e. The van der Waals surface area contributed by atoms with Crippen molar-refractivity contribution >= 4 is 27.3 Å². The summed E-state index contributed by atoms with van der Waals surface area (Å²) in [5, 5.41) is 14.4. The molecule has 0 radical (unpaired) electrons. The van der Waals surface area contributed by atoms with Crippen LogP contribution in [0.2, 0.25) is 5.02 Å². The van der Waals surface area contributed by atoms with E-state index in [0.717, 1.165) is 19.0 Å². The quantitative estimate of drug-likeness (QED) is 0.620. The Morgan fingerprint density at radius 1 is 1.48 bits per heavy atom. The Hall–Kier alpha value is -1.22. The number of nitro benzene ring substituents is 1. The van der Waals surface area contributed by atoms with Crippen molar-refractivity contribution < 1.29 is 13.3 Å². The molecule has 23 heavy (non-hydrogen) atoms. The lowest BCUT2D eigenvalue weighted by Gasteiger charge is -2.27. The molecule has 0 aromatic heterocycles. The number of nitrogens with one attached hydrogen (secondary N) is 1. The van der Waals surface area contributed by atoms with Gasteiger partial charge in [0.05, 0.1) is 14.8 Å². The first kappa shape index (κ1) is 18.1. The maximum atomic E-state index is 13.0.